The first-order valence-corrected chi connectivity index (χ1v) is 4.37. The van der Waals surface area contributed by atoms with Gasteiger partial charge < -0.3 is 4.90 Å². The van der Waals surface area contributed by atoms with E-state index in [9.17, 15) is 4.79 Å². The Balaban J connectivity index is 3.19. The van der Waals surface area contributed by atoms with E-state index in [4.69, 9.17) is 11.6 Å². The van der Waals surface area contributed by atoms with Crippen LogP contribution in [0.5, 0.6) is 0 Å². The zero-order valence-electron chi connectivity index (χ0n) is 7.97. The number of ketones is 1. The molecule has 0 fully saturated rings. The monoisotopic (exact) mass is 197 g/mol. The van der Waals surface area contributed by atoms with Gasteiger partial charge in [0.05, 0.1) is 0 Å². The Morgan fingerprint density at radius 3 is 2.38 bits per heavy atom. The average molecular weight is 198 g/mol. The van der Waals surface area contributed by atoms with Crippen LogP contribution >= 0.6 is 11.6 Å². The molecular formula is C10H12ClNO. The molecular weight excluding hydrogens is 186 g/mol. The van der Waals surface area contributed by atoms with Gasteiger partial charge in [-0.25, -0.2) is 0 Å². The van der Waals surface area contributed by atoms with E-state index in [1.54, 1.807) is 6.07 Å². The molecule has 0 radical (unpaired) electrons. The molecule has 2 nitrogen and oxygen atoms in total. The van der Waals surface area contributed by atoms with Gasteiger partial charge in [0, 0.05) is 30.4 Å². The molecule has 0 spiro atoms. The summed E-state index contributed by atoms with van der Waals surface area (Å²) in [5.74, 6) is 0.0330. The number of nitrogens with zero attached hydrogens (tertiary/aromatic N) is 1. The average Bonchev–Trinajstić information content (AvgIpc) is 2.03. The topological polar surface area (TPSA) is 20.3 Å². The fourth-order valence-electron chi connectivity index (χ4n) is 1.04. The van der Waals surface area contributed by atoms with Gasteiger partial charge in [0.1, 0.15) is 0 Å². The van der Waals surface area contributed by atoms with E-state index in [2.05, 4.69) is 0 Å². The Bertz CT molecular complexity index is 334. The number of anilines is 1. The third-order valence-electron chi connectivity index (χ3n) is 1.81. The molecule has 0 N–H and O–H groups in total. The molecule has 1 aromatic carbocycles. The van der Waals surface area contributed by atoms with Crippen molar-refractivity contribution in [1.82, 2.24) is 0 Å². The van der Waals surface area contributed by atoms with Crippen LogP contribution in [0.3, 0.4) is 0 Å². The predicted molar refractivity (Wildman–Crippen MR) is 55.8 cm³/mol. The van der Waals surface area contributed by atoms with Gasteiger partial charge in [0.15, 0.2) is 5.78 Å². The van der Waals surface area contributed by atoms with Crippen LogP contribution in [0.25, 0.3) is 0 Å². The van der Waals surface area contributed by atoms with Crippen LogP contribution in [0.4, 0.5) is 5.69 Å². The van der Waals surface area contributed by atoms with Crippen molar-refractivity contribution < 1.29 is 4.79 Å². The molecule has 0 aliphatic carbocycles. The Hall–Kier alpha value is -1.02. The summed E-state index contributed by atoms with van der Waals surface area (Å²) < 4.78 is 0. The van der Waals surface area contributed by atoms with E-state index in [-0.39, 0.29) is 5.78 Å². The zero-order chi connectivity index (χ0) is 10.0. The van der Waals surface area contributed by atoms with E-state index in [1.807, 2.05) is 31.1 Å². The zero-order valence-corrected chi connectivity index (χ0v) is 8.72. The van der Waals surface area contributed by atoms with Crippen molar-refractivity contribution in [2.45, 2.75) is 6.92 Å². The number of benzene rings is 1. The Morgan fingerprint density at radius 1 is 1.31 bits per heavy atom. The van der Waals surface area contributed by atoms with E-state index < -0.39 is 0 Å². The molecule has 0 amide bonds. The van der Waals surface area contributed by atoms with Gasteiger partial charge in [-0.3, -0.25) is 4.79 Å². The first kappa shape index (κ1) is 10.1. The second-order valence-electron chi connectivity index (χ2n) is 3.15. The Labute approximate surface area is 83.1 Å². The molecule has 1 aromatic rings. The number of halogens is 1. The van der Waals surface area contributed by atoms with E-state index in [1.165, 1.54) is 6.92 Å². The maximum atomic E-state index is 11.1. The normalized spacial score (nSPS) is 9.85. The first-order valence-electron chi connectivity index (χ1n) is 3.99. The lowest BCUT2D eigenvalue weighted by Crippen LogP contribution is -2.09. The molecule has 0 heterocycles. The number of Topliss-reactive ketones (excluding diaryl/α,β-unsaturated/α-hetero) is 1. The van der Waals surface area contributed by atoms with Gasteiger partial charge in [0.25, 0.3) is 0 Å². The molecule has 0 atom stereocenters. The molecule has 0 aliphatic rings. The summed E-state index contributed by atoms with van der Waals surface area (Å²) in [5.41, 5.74) is 1.59. The third kappa shape index (κ3) is 2.46. The van der Waals surface area contributed by atoms with Crippen LogP contribution in [0.2, 0.25) is 5.02 Å². The summed E-state index contributed by atoms with van der Waals surface area (Å²) >= 11 is 5.86. The summed E-state index contributed by atoms with van der Waals surface area (Å²) in [5, 5.41) is 0.594. The molecule has 13 heavy (non-hydrogen) atoms. The maximum absolute atomic E-state index is 11.1. The van der Waals surface area contributed by atoms with Gasteiger partial charge in [-0.05, 0) is 25.1 Å². The lowest BCUT2D eigenvalue weighted by atomic mass is 10.1. The molecule has 0 aliphatic heterocycles. The number of carbonyl (C=O) groups excluding carboxylic acids is 1. The van der Waals surface area contributed by atoms with Gasteiger partial charge in [-0.1, -0.05) is 11.6 Å². The fraction of sp³-hybridized carbons (Fsp3) is 0.300. The molecule has 0 saturated carbocycles. The highest BCUT2D eigenvalue weighted by atomic mass is 35.5. The van der Waals surface area contributed by atoms with E-state index in [0.29, 0.717) is 10.6 Å². The number of rotatable bonds is 2. The molecule has 0 aromatic heterocycles. The van der Waals surface area contributed by atoms with Crippen molar-refractivity contribution in [2.75, 3.05) is 19.0 Å². The second-order valence-corrected chi connectivity index (χ2v) is 3.59. The second kappa shape index (κ2) is 3.79. The smallest absolute Gasteiger partial charge is 0.159 e. The standard InChI is InChI=1S/C10H12ClNO/c1-7(13)8-4-9(11)6-10(5-8)12(2)3/h4-6H,1-3H3. The highest BCUT2D eigenvalue weighted by Gasteiger charge is 2.04. The van der Waals surface area contributed by atoms with Gasteiger partial charge in [-0.15, -0.1) is 0 Å². The van der Waals surface area contributed by atoms with E-state index >= 15 is 0 Å². The summed E-state index contributed by atoms with van der Waals surface area (Å²) in [7, 11) is 3.82. The van der Waals surface area contributed by atoms with Crippen LogP contribution in [0.15, 0.2) is 18.2 Å². The first-order chi connectivity index (χ1) is 6.00. The minimum Gasteiger partial charge on any atom is -0.378 e. The predicted octanol–water partition coefficient (Wildman–Crippen LogP) is 2.61. The molecule has 0 unspecified atom stereocenters. The largest absolute Gasteiger partial charge is 0.378 e. The van der Waals surface area contributed by atoms with Crippen molar-refractivity contribution in [3.8, 4) is 0 Å². The molecule has 1 rings (SSSR count). The quantitative estimate of drug-likeness (QED) is 0.680. The van der Waals surface area contributed by atoms with Crippen molar-refractivity contribution in [3.05, 3.63) is 28.8 Å². The molecule has 3 heteroatoms. The lowest BCUT2D eigenvalue weighted by Gasteiger charge is -2.13. The van der Waals surface area contributed by atoms with Crippen molar-refractivity contribution >= 4 is 23.1 Å². The van der Waals surface area contributed by atoms with Crippen LogP contribution in [-0.2, 0) is 0 Å². The van der Waals surface area contributed by atoms with E-state index in [0.717, 1.165) is 5.69 Å². The summed E-state index contributed by atoms with van der Waals surface area (Å²) in [6.07, 6.45) is 0. The molecule has 70 valence electrons. The van der Waals surface area contributed by atoms with Gasteiger partial charge in [0.2, 0.25) is 0 Å². The lowest BCUT2D eigenvalue weighted by molar-refractivity contribution is 0.101. The summed E-state index contributed by atoms with van der Waals surface area (Å²) in [6.45, 7) is 1.53. The summed E-state index contributed by atoms with van der Waals surface area (Å²) in [4.78, 5) is 13.0. The minimum atomic E-state index is 0.0330. The number of hydrogen-bond donors (Lipinski definition) is 0. The fourth-order valence-corrected chi connectivity index (χ4v) is 1.26. The SMILES string of the molecule is CC(=O)c1cc(Cl)cc(N(C)C)c1. The maximum Gasteiger partial charge on any atom is 0.159 e. The number of carbonyl (C=O) groups is 1. The van der Waals surface area contributed by atoms with Crippen LogP contribution in [0.1, 0.15) is 17.3 Å². The third-order valence-corrected chi connectivity index (χ3v) is 2.02. The summed E-state index contributed by atoms with van der Waals surface area (Å²) in [6, 6.07) is 5.33. The highest BCUT2D eigenvalue weighted by Crippen LogP contribution is 2.21. The van der Waals surface area contributed by atoms with Crippen molar-refractivity contribution in [1.29, 1.82) is 0 Å². The molecule has 0 bridgehead atoms. The van der Waals surface area contributed by atoms with Gasteiger partial charge in [-0.2, -0.15) is 0 Å². The highest BCUT2D eigenvalue weighted by molar-refractivity contribution is 6.31. The van der Waals surface area contributed by atoms with Crippen LogP contribution in [-0.4, -0.2) is 19.9 Å². The Kier molecular flexibility index (Phi) is 2.94. The Morgan fingerprint density at radius 2 is 1.92 bits per heavy atom. The minimum absolute atomic E-state index is 0.0330. The van der Waals surface area contributed by atoms with Crippen LogP contribution < -0.4 is 4.90 Å². The van der Waals surface area contributed by atoms with Crippen molar-refractivity contribution in [3.63, 3.8) is 0 Å². The van der Waals surface area contributed by atoms with Crippen LogP contribution in [0, 0.1) is 0 Å². The number of hydrogen-bond acceptors (Lipinski definition) is 2. The van der Waals surface area contributed by atoms with Crippen molar-refractivity contribution in [2.24, 2.45) is 0 Å². The molecule has 0 saturated heterocycles. The van der Waals surface area contributed by atoms with Gasteiger partial charge >= 0.3 is 0 Å².